The summed E-state index contributed by atoms with van der Waals surface area (Å²) in [4.78, 5) is 13.3. The Morgan fingerprint density at radius 2 is 2.33 bits per heavy atom. The second kappa shape index (κ2) is 6.76. The molecule has 0 radical (unpaired) electrons. The minimum atomic E-state index is -0.141. The molecule has 0 saturated carbocycles. The molecule has 0 aromatic rings. The van der Waals surface area contributed by atoms with Crippen molar-refractivity contribution in [3.8, 4) is 0 Å². The fourth-order valence-electron chi connectivity index (χ4n) is 1.65. The lowest BCUT2D eigenvalue weighted by molar-refractivity contribution is -0.152. The van der Waals surface area contributed by atoms with Crippen LogP contribution in [-0.4, -0.2) is 62.0 Å². The summed E-state index contributed by atoms with van der Waals surface area (Å²) >= 11 is 0. The molecule has 1 fully saturated rings. The maximum absolute atomic E-state index is 11.2. The van der Waals surface area contributed by atoms with Crippen LogP contribution >= 0.6 is 0 Å². The molecule has 0 amide bonds. The van der Waals surface area contributed by atoms with Crippen LogP contribution in [0.25, 0.3) is 0 Å². The van der Waals surface area contributed by atoms with Gasteiger partial charge in [-0.1, -0.05) is 0 Å². The van der Waals surface area contributed by atoms with Crippen LogP contribution in [0.1, 0.15) is 12.8 Å². The average molecular weight is 217 g/mol. The predicted octanol–water partition coefficient (Wildman–Crippen LogP) is -0.367. The van der Waals surface area contributed by atoms with Gasteiger partial charge in [0, 0.05) is 19.7 Å². The van der Waals surface area contributed by atoms with Crippen LogP contribution in [0, 0.1) is 0 Å². The Labute approximate surface area is 90.0 Å². The van der Waals surface area contributed by atoms with Gasteiger partial charge in [-0.05, 0) is 12.8 Å². The maximum atomic E-state index is 11.2. The second-order valence-electron chi connectivity index (χ2n) is 3.55. The molecule has 0 aliphatic carbocycles. The Hall–Kier alpha value is -0.650. The van der Waals surface area contributed by atoms with E-state index in [1.54, 1.807) is 0 Å². The van der Waals surface area contributed by atoms with Crippen molar-refractivity contribution in [3.63, 3.8) is 0 Å². The van der Waals surface area contributed by atoms with Crippen molar-refractivity contribution in [2.24, 2.45) is 0 Å². The number of carbonyl (C=O) groups is 1. The lowest BCUT2D eigenvalue weighted by Gasteiger charge is -2.38. The van der Waals surface area contributed by atoms with E-state index >= 15 is 0 Å². The molecule has 1 heterocycles. The first-order chi connectivity index (χ1) is 7.29. The van der Waals surface area contributed by atoms with E-state index in [0.717, 1.165) is 25.9 Å². The van der Waals surface area contributed by atoms with E-state index < -0.39 is 0 Å². The fraction of sp³-hybridized carbons (Fsp3) is 0.900. The van der Waals surface area contributed by atoms with Crippen molar-refractivity contribution in [3.05, 3.63) is 0 Å². The molecule has 1 N–H and O–H groups in total. The van der Waals surface area contributed by atoms with Gasteiger partial charge < -0.3 is 14.6 Å². The van der Waals surface area contributed by atoms with Gasteiger partial charge >= 0.3 is 5.97 Å². The average Bonchev–Trinajstić information content (AvgIpc) is 2.21. The monoisotopic (exact) mass is 217 g/mol. The zero-order valence-corrected chi connectivity index (χ0v) is 9.15. The van der Waals surface area contributed by atoms with Gasteiger partial charge in [-0.2, -0.15) is 0 Å². The summed E-state index contributed by atoms with van der Waals surface area (Å²) in [5, 5.41) is 8.48. The van der Waals surface area contributed by atoms with E-state index in [1.165, 1.54) is 7.11 Å². The van der Waals surface area contributed by atoms with Crippen LogP contribution in [0.3, 0.4) is 0 Å². The third-order valence-electron chi connectivity index (χ3n) is 2.57. The Kier molecular flexibility index (Phi) is 5.60. The summed E-state index contributed by atoms with van der Waals surface area (Å²) in [5.41, 5.74) is 0. The lowest BCUT2D eigenvalue weighted by Crippen LogP contribution is -2.53. The van der Waals surface area contributed by atoms with E-state index in [2.05, 4.69) is 9.64 Å². The summed E-state index contributed by atoms with van der Waals surface area (Å²) in [6.45, 7) is 2.89. The molecule has 88 valence electrons. The highest BCUT2D eigenvalue weighted by molar-refractivity contribution is 5.76. The van der Waals surface area contributed by atoms with Crippen LogP contribution in [0.5, 0.6) is 0 Å². The molecule has 1 aliphatic rings. The van der Waals surface area contributed by atoms with E-state index in [1.807, 2.05) is 0 Å². The van der Waals surface area contributed by atoms with Crippen molar-refractivity contribution < 1.29 is 19.4 Å². The summed E-state index contributed by atoms with van der Waals surface area (Å²) in [5.74, 6) is -0.141. The number of hydrogen-bond acceptors (Lipinski definition) is 5. The van der Waals surface area contributed by atoms with Crippen LogP contribution in [-0.2, 0) is 14.3 Å². The molecule has 0 aromatic heterocycles. The number of rotatable bonds is 7. The number of aliphatic hydroxyl groups is 1. The van der Waals surface area contributed by atoms with Crippen molar-refractivity contribution in [1.82, 2.24) is 4.90 Å². The fourth-order valence-corrected chi connectivity index (χ4v) is 1.65. The highest BCUT2D eigenvalue weighted by Crippen LogP contribution is 2.18. The van der Waals surface area contributed by atoms with E-state index in [4.69, 9.17) is 9.84 Å². The van der Waals surface area contributed by atoms with Crippen molar-refractivity contribution in [2.75, 3.05) is 40.0 Å². The first-order valence-corrected chi connectivity index (χ1v) is 5.30. The number of aliphatic hydroxyl groups excluding tert-OH is 1. The predicted molar refractivity (Wildman–Crippen MR) is 54.5 cm³/mol. The van der Waals surface area contributed by atoms with Gasteiger partial charge in [0.05, 0.1) is 20.3 Å². The minimum absolute atomic E-state index is 0.0483. The normalized spacial score (nSPS) is 21.1. The Balaban J connectivity index is 2.04. The molecule has 0 bridgehead atoms. The van der Waals surface area contributed by atoms with Crippen molar-refractivity contribution in [1.29, 1.82) is 0 Å². The number of likely N-dealkylation sites (tertiary alicyclic amines) is 1. The van der Waals surface area contributed by atoms with Crippen LogP contribution in [0.2, 0.25) is 0 Å². The molecular formula is C10H19NO4. The topological polar surface area (TPSA) is 59.0 Å². The first kappa shape index (κ1) is 12.4. The first-order valence-electron chi connectivity index (χ1n) is 5.30. The molecule has 5 heteroatoms. The largest absolute Gasteiger partial charge is 0.468 e. The lowest BCUT2D eigenvalue weighted by atomic mass is 10.0. The van der Waals surface area contributed by atoms with Gasteiger partial charge in [0.1, 0.15) is 6.04 Å². The summed E-state index contributed by atoms with van der Waals surface area (Å²) in [6, 6.07) is -0.0483. The number of carbonyl (C=O) groups excluding carboxylic acids is 1. The van der Waals surface area contributed by atoms with Crippen LogP contribution in [0.15, 0.2) is 0 Å². The quantitative estimate of drug-likeness (QED) is 0.466. The Bertz CT molecular complexity index is 198. The van der Waals surface area contributed by atoms with Gasteiger partial charge in [0.15, 0.2) is 0 Å². The van der Waals surface area contributed by atoms with E-state index in [9.17, 15) is 4.79 Å². The highest BCUT2D eigenvalue weighted by atomic mass is 16.5. The molecule has 1 atom stereocenters. The highest BCUT2D eigenvalue weighted by Gasteiger charge is 2.34. The molecule has 1 unspecified atom stereocenters. The minimum Gasteiger partial charge on any atom is -0.468 e. The number of hydrogen-bond donors (Lipinski definition) is 1. The standard InChI is InChI=1S/C10H19NO4/c1-14-10(13)9-3-5-11(9)4-2-7-15-8-6-12/h9,12H,2-8H2,1H3. The zero-order valence-electron chi connectivity index (χ0n) is 9.15. The molecule has 5 nitrogen and oxygen atoms in total. The van der Waals surface area contributed by atoms with Crippen LogP contribution in [0.4, 0.5) is 0 Å². The van der Waals surface area contributed by atoms with E-state index in [0.29, 0.717) is 13.2 Å². The maximum Gasteiger partial charge on any atom is 0.323 e. The molecule has 0 spiro atoms. The SMILES string of the molecule is COC(=O)C1CCN1CCCOCCO. The Morgan fingerprint density at radius 3 is 2.87 bits per heavy atom. The number of esters is 1. The molecule has 1 saturated heterocycles. The van der Waals surface area contributed by atoms with Crippen molar-refractivity contribution >= 4 is 5.97 Å². The summed E-state index contributed by atoms with van der Waals surface area (Å²) in [6.07, 6.45) is 1.78. The molecular weight excluding hydrogens is 198 g/mol. The number of ether oxygens (including phenoxy) is 2. The Morgan fingerprint density at radius 1 is 1.53 bits per heavy atom. The number of nitrogens with zero attached hydrogens (tertiary/aromatic N) is 1. The molecule has 15 heavy (non-hydrogen) atoms. The summed E-state index contributed by atoms with van der Waals surface area (Å²) < 4.78 is 9.82. The second-order valence-corrected chi connectivity index (χ2v) is 3.55. The van der Waals surface area contributed by atoms with Gasteiger partial charge in [-0.25, -0.2) is 0 Å². The van der Waals surface area contributed by atoms with Gasteiger partial charge in [0.25, 0.3) is 0 Å². The third-order valence-corrected chi connectivity index (χ3v) is 2.57. The molecule has 1 rings (SSSR count). The van der Waals surface area contributed by atoms with Gasteiger partial charge in [-0.15, -0.1) is 0 Å². The van der Waals surface area contributed by atoms with Gasteiger partial charge in [0.2, 0.25) is 0 Å². The number of methoxy groups -OCH3 is 1. The molecule has 1 aliphatic heterocycles. The van der Waals surface area contributed by atoms with Crippen LogP contribution < -0.4 is 0 Å². The smallest absolute Gasteiger partial charge is 0.323 e. The summed E-state index contributed by atoms with van der Waals surface area (Å²) in [7, 11) is 1.42. The third kappa shape index (κ3) is 3.77. The van der Waals surface area contributed by atoms with Crippen molar-refractivity contribution in [2.45, 2.75) is 18.9 Å². The van der Waals surface area contributed by atoms with E-state index in [-0.39, 0.29) is 18.6 Å². The molecule has 0 aromatic carbocycles. The van der Waals surface area contributed by atoms with Gasteiger partial charge in [-0.3, -0.25) is 9.69 Å². The zero-order chi connectivity index (χ0) is 11.1.